The van der Waals surface area contributed by atoms with Gasteiger partial charge in [-0.3, -0.25) is 4.90 Å². The summed E-state index contributed by atoms with van der Waals surface area (Å²) in [5.41, 5.74) is 1.68. The smallest absolute Gasteiger partial charge is 0.218 e. The van der Waals surface area contributed by atoms with Crippen molar-refractivity contribution >= 4 is 21.4 Å². The van der Waals surface area contributed by atoms with Crippen molar-refractivity contribution < 1.29 is 12.8 Å². The monoisotopic (exact) mass is 403 g/mol. The van der Waals surface area contributed by atoms with Gasteiger partial charge in [-0.05, 0) is 17.7 Å². The molecule has 0 amide bonds. The third-order valence-corrected chi connectivity index (χ3v) is 7.28. The summed E-state index contributed by atoms with van der Waals surface area (Å²) in [5, 5.41) is 3.01. The first kappa shape index (κ1) is 18.4. The van der Waals surface area contributed by atoms with Crippen LogP contribution in [-0.2, 0) is 22.3 Å². The van der Waals surface area contributed by atoms with E-state index in [0.717, 1.165) is 28.6 Å². The van der Waals surface area contributed by atoms with E-state index in [4.69, 9.17) is 4.42 Å². The first-order valence-electron chi connectivity index (χ1n) is 8.82. The van der Waals surface area contributed by atoms with Gasteiger partial charge in [-0.1, -0.05) is 30.3 Å². The maximum atomic E-state index is 12.6. The standard InChI is InChI=1S/C19H21N3O3S2/c23-27(24,15-16-5-2-1-3-6-16)22-10-8-21(9-11-22)13-19-20-17(14-26-19)18-7-4-12-25-18/h1-7,12,14H,8-11,13,15H2. The minimum atomic E-state index is -3.28. The van der Waals surface area contributed by atoms with Crippen molar-refractivity contribution in [3.8, 4) is 11.5 Å². The summed E-state index contributed by atoms with van der Waals surface area (Å²) in [6.45, 7) is 3.20. The van der Waals surface area contributed by atoms with E-state index < -0.39 is 10.0 Å². The Morgan fingerprint density at radius 1 is 1.04 bits per heavy atom. The van der Waals surface area contributed by atoms with Gasteiger partial charge in [0.1, 0.15) is 10.7 Å². The average molecular weight is 404 g/mol. The Bertz CT molecular complexity index is 961. The molecule has 8 heteroatoms. The predicted molar refractivity (Wildman–Crippen MR) is 106 cm³/mol. The van der Waals surface area contributed by atoms with Crippen LogP contribution in [0.4, 0.5) is 0 Å². The second-order valence-corrected chi connectivity index (χ2v) is 9.43. The molecule has 3 aromatic rings. The van der Waals surface area contributed by atoms with E-state index in [2.05, 4.69) is 9.88 Å². The lowest BCUT2D eigenvalue weighted by Gasteiger charge is -2.33. The second-order valence-electron chi connectivity index (χ2n) is 6.52. The first-order chi connectivity index (χ1) is 13.1. The molecule has 0 unspecified atom stereocenters. The summed E-state index contributed by atoms with van der Waals surface area (Å²) in [5.74, 6) is 0.835. The molecule has 27 heavy (non-hydrogen) atoms. The summed E-state index contributed by atoms with van der Waals surface area (Å²) in [6, 6.07) is 13.1. The van der Waals surface area contributed by atoms with Crippen LogP contribution in [0, 0.1) is 0 Å². The first-order valence-corrected chi connectivity index (χ1v) is 11.3. The molecule has 0 spiro atoms. The van der Waals surface area contributed by atoms with Crippen molar-refractivity contribution in [1.29, 1.82) is 0 Å². The van der Waals surface area contributed by atoms with Gasteiger partial charge in [0.15, 0.2) is 5.76 Å². The normalized spacial score (nSPS) is 16.6. The van der Waals surface area contributed by atoms with Crippen LogP contribution in [0.5, 0.6) is 0 Å². The SMILES string of the molecule is O=S(=O)(Cc1ccccc1)N1CCN(Cc2nc(-c3ccco3)cs2)CC1. The molecule has 0 radical (unpaired) electrons. The Balaban J connectivity index is 1.32. The van der Waals surface area contributed by atoms with Gasteiger partial charge in [-0.2, -0.15) is 4.31 Å². The quantitative estimate of drug-likeness (QED) is 0.633. The minimum absolute atomic E-state index is 0.0623. The molecule has 1 aromatic carbocycles. The number of piperazine rings is 1. The van der Waals surface area contributed by atoms with Crippen molar-refractivity contribution in [2.75, 3.05) is 26.2 Å². The highest BCUT2D eigenvalue weighted by Gasteiger charge is 2.27. The fraction of sp³-hybridized carbons (Fsp3) is 0.316. The highest BCUT2D eigenvalue weighted by Crippen LogP contribution is 2.23. The van der Waals surface area contributed by atoms with Gasteiger partial charge in [-0.25, -0.2) is 13.4 Å². The molecule has 142 valence electrons. The van der Waals surface area contributed by atoms with Gasteiger partial charge >= 0.3 is 0 Å². The molecule has 6 nitrogen and oxygen atoms in total. The number of benzene rings is 1. The van der Waals surface area contributed by atoms with E-state index in [1.807, 2.05) is 47.8 Å². The molecule has 0 aliphatic carbocycles. The third-order valence-electron chi connectivity index (χ3n) is 4.60. The number of hydrogen-bond acceptors (Lipinski definition) is 6. The molecule has 2 aromatic heterocycles. The maximum absolute atomic E-state index is 12.6. The zero-order valence-corrected chi connectivity index (χ0v) is 16.5. The molecule has 0 saturated carbocycles. The number of furan rings is 1. The lowest BCUT2D eigenvalue weighted by Crippen LogP contribution is -2.48. The number of thiazole rings is 1. The summed E-state index contributed by atoms with van der Waals surface area (Å²) in [4.78, 5) is 6.87. The largest absolute Gasteiger partial charge is 0.463 e. The van der Waals surface area contributed by atoms with Crippen LogP contribution < -0.4 is 0 Å². The van der Waals surface area contributed by atoms with Crippen LogP contribution in [0.25, 0.3) is 11.5 Å². The molecule has 1 aliphatic rings. The van der Waals surface area contributed by atoms with Crippen LogP contribution in [-0.4, -0.2) is 48.8 Å². The molecule has 1 saturated heterocycles. The number of sulfonamides is 1. The highest BCUT2D eigenvalue weighted by atomic mass is 32.2. The molecule has 0 bridgehead atoms. The van der Waals surface area contributed by atoms with Crippen molar-refractivity contribution in [2.24, 2.45) is 0 Å². The van der Waals surface area contributed by atoms with Crippen molar-refractivity contribution in [3.63, 3.8) is 0 Å². The van der Waals surface area contributed by atoms with Gasteiger partial charge in [0, 0.05) is 31.6 Å². The lowest BCUT2D eigenvalue weighted by molar-refractivity contribution is 0.181. The lowest BCUT2D eigenvalue weighted by atomic mass is 10.2. The van der Waals surface area contributed by atoms with Gasteiger partial charge < -0.3 is 4.42 Å². The van der Waals surface area contributed by atoms with E-state index in [1.165, 1.54) is 0 Å². The zero-order valence-electron chi connectivity index (χ0n) is 14.8. The zero-order chi connectivity index (χ0) is 18.7. The van der Waals surface area contributed by atoms with Gasteiger partial charge in [0.05, 0.1) is 18.6 Å². The summed E-state index contributed by atoms with van der Waals surface area (Å²) in [6.07, 6.45) is 1.64. The molecule has 1 fully saturated rings. The van der Waals surface area contributed by atoms with E-state index in [1.54, 1.807) is 21.9 Å². The molecule has 3 heterocycles. The molecule has 0 atom stereocenters. The fourth-order valence-corrected chi connectivity index (χ4v) is 5.49. The van der Waals surface area contributed by atoms with Crippen molar-refractivity contribution in [1.82, 2.24) is 14.2 Å². The van der Waals surface area contributed by atoms with E-state index >= 15 is 0 Å². The topological polar surface area (TPSA) is 66.7 Å². The molecule has 0 N–H and O–H groups in total. The Hall–Kier alpha value is -2.00. The average Bonchev–Trinajstić information content (AvgIpc) is 3.34. The summed E-state index contributed by atoms with van der Waals surface area (Å²) >= 11 is 1.60. The maximum Gasteiger partial charge on any atom is 0.218 e. The van der Waals surface area contributed by atoms with Gasteiger partial charge in [0.25, 0.3) is 0 Å². The molecule has 1 aliphatic heterocycles. The number of aromatic nitrogens is 1. The number of rotatable bonds is 6. The van der Waals surface area contributed by atoms with Crippen LogP contribution in [0.1, 0.15) is 10.6 Å². The summed E-state index contributed by atoms with van der Waals surface area (Å²) in [7, 11) is -3.28. The molecular formula is C19H21N3O3S2. The molecule has 4 rings (SSSR count). The summed E-state index contributed by atoms with van der Waals surface area (Å²) < 4.78 is 32.3. The number of nitrogens with zero attached hydrogens (tertiary/aromatic N) is 3. The van der Waals surface area contributed by atoms with E-state index in [-0.39, 0.29) is 5.75 Å². The second kappa shape index (κ2) is 7.93. The Morgan fingerprint density at radius 2 is 1.81 bits per heavy atom. The van der Waals surface area contributed by atoms with Crippen molar-refractivity contribution in [3.05, 3.63) is 64.7 Å². The van der Waals surface area contributed by atoms with E-state index in [0.29, 0.717) is 26.2 Å². The Labute approximate surface area is 163 Å². The van der Waals surface area contributed by atoms with Crippen LogP contribution in [0.3, 0.4) is 0 Å². The fourth-order valence-electron chi connectivity index (χ4n) is 3.15. The Morgan fingerprint density at radius 3 is 2.52 bits per heavy atom. The van der Waals surface area contributed by atoms with Crippen LogP contribution >= 0.6 is 11.3 Å². The predicted octanol–water partition coefficient (Wildman–Crippen LogP) is 3.05. The van der Waals surface area contributed by atoms with E-state index in [9.17, 15) is 8.42 Å². The Kier molecular flexibility index (Phi) is 5.40. The van der Waals surface area contributed by atoms with Crippen LogP contribution in [0.2, 0.25) is 0 Å². The van der Waals surface area contributed by atoms with Gasteiger partial charge in [0.2, 0.25) is 10.0 Å². The van der Waals surface area contributed by atoms with Crippen molar-refractivity contribution in [2.45, 2.75) is 12.3 Å². The van der Waals surface area contributed by atoms with Crippen LogP contribution in [0.15, 0.2) is 58.5 Å². The highest BCUT2D eigenvalue weighted by molar-refractivity contribution is 7.88. The molecular weight excluding hydrogens is 382 g/mol. The number of hydrogen-bond donors (Lipinski definition) is 0. The third kappa shape index (κ3) is 4.47. The minimum Gasteiger partial charge on any atom is -0.463 e. The van der Waals surface area contributed by atoms with Gasteiger partial charge in [-0.15, -0.1) is 11.3 Å².